The molecule has 3 N–H and O–H groups in total. The highest BCUT2D eigenvalue weighted by molar-refractivity contribution is 5.87. The van der Waals surface area contributed by atoms with Crippen LogP contribution < -0.4 is 5.32 Å². The Kier molecular flexibility index (Phi) is 5.06. The summed E-state index contributed by atoms with van der Waals surface area (Å²) in [6, 6.07) is 9.33. The zero-order valence-corrected chi connectivity index (χ0v) is 11.1. The summed E-state index contributed by atoms with van der Waals surface area (Å²) < 4.78 is 0. The number of nitrogens with one attached hydrogen (secondary N) is 1. The Morgan fingerprint density at radius 1 is 1.26 bits per heavy atom. The van der Waals surface area contributed by atoms with Crippen molar-refractivity contribution in [2.45, 2.75) is 31.8 Å². The zero-order valence-electron chi connectivity index (χ0n) is 11.1. The maximum Gasteiger partial charge on any atom is 0.332 e. The molecule has 0 aromatic heterocycles. The van der Waals surface area contributed by atoms with Gasteiger partial charge in [0.05, 0.1) is 5.41 Å². The Balaban J connectivity index is 2.56. The molecule has 0 radical (unpaired) electrons. The van der Waals surface area contributed by atoms with E-state index in [1.54, 1.807) is 13.8 Å². The van der Waals surface area contributed by atoms with Crippen molar-refractivity contribution in [2.24, 2.45) is 0 Å². The fourth-order valence-corrected chi connectivity index (χ4v) is 1.65. The normalized spacial score (nSPS) is 12.8. The van der Waals surface area contributed by atoms with Crippen LogP contribution in [0.1, 0.15) is 25.8 Å². The molecule has 0 fully saturated rings. The van der Waals surface area contributed by atoms with Gasteiger partial charge >= 0.3 is 5.97 Å². The minimum absolute atomic E-state index is 0.00799. The first kappa shape index (κ1) is 15.2. The molecule has 5 heteroatoms. The molecule has 0 heterocycles. The van der Waals surface area contributed by atoms with Crippen LogP contribution in [0.2, 0.25) is 0 Å². The van der Waals surface area contributed by atoms with Crippen molar-refractivity contribution in [3.63, 3.8) is 0 Å². The molecular formula is C14H19NO4. The summed E-state index contributed by atoms with van der Waals surface area (Å²) in [6.07, 6.45) is -1.45. The average molecular weight is 265 g/mol. The Morgan fingerprint density at radius 2 is 1.84 bits per heavy atom. The van der Waals surface area contributed by atoms with Crippen molar-refractivity contribution in [1.29, 1.82) is 0 Å². The van der Waals surface area contributed by atoms with Gasteiger partial charge in [-0.2, -0.15) is 0 Å². The fourth-order valence-electron chi connectivity index (χ4n) is 1.65. The van der Waals surface area contributed by atoms with Crippen molar-refractivity contribution in [3.05, 3.63) is 35.9 Å². The Hall–Kier alpha value is -1.88. The number of amides is 1. The largest absolute Gasteiger partial charge is 0.479 e. The number of rotatable bonds is 6. The summed E-state index contributed by atoms with van der Waals surface area (Å²) in [5.41, 5.74) is 0.182. The second-order valence-corrected chi connectivity index (χ2v) is 4.89. The molecule has 0 aliphatic carbocycles. The number of carbonyl (C=O) groups is 2. The van der Waals surface area contributed by atoms with E-state index in [0.29, 0.717) is 0 Å². The van der Waals surface area contributed by atoms with Gasteiger partial charge in [0.15, 0.2) is 6.10 Å². The monoisotopic (exact) mass is 265 g/mol. The summed E-state index contributed by atoms with van der Waals surface area (Å²) in [6.45, 7) is 3.72. The van der Waals surface area contributed by atoms with E-state index in [-0.39, 0.29) is 18.9 Å². The van der Waals surface area contributed by atoms with E-state index in [1.165, 1.54) is 0 Å². The third kappa shape index (κ3) is 4.06. The van der Waals surface area contributed by atoms with Crippen molar-refractivity contribution in [1.82, 2.24) is 5.32 Å². The van der Waals surface area contributed by atoms with Gasteiger partial charge in [-0.1, -0.05) is 30.3 Å². The van der Waals surface area contributed by atoms with Crippen LogP contribution in [-0.4, -0.2) is 34.7 Å². The summed E-state index contributed by atoms with van der Waals surface area (Å²) in [4.78, 5) is 22.5. The predicted octanol–water partition coefficient (Wildman–Crippen LogP) is 0.916. The van der Waals surface area contributed by atoms with Crippen LogP contribution >= 0.6 is 0 Å². The molecule has 0 aliphatic rings. The molecule has 0 spiro atoms. The third-order valence-electron chi connectivity index (χ3n) is 3.05. The summed E-state index contributed by atoms with van der Waals surface area (Å²) in [5, 5.41) is 20.3. The van der Waals surface area contributed by atoms with Crippen molar-refractivity contribution >= 4 is 11.9 Å². The average Bonchev–Trinajstić information content (AvgIpc) is 2.39. The number of carboxylic acid groups (broad SMARTS) is 1. The molecule has 1 amide bonds. The smallest absolute Gasteiger partial charge is 0.332 e. The molecule has 104 valence electrons. The van der Waals surface area contributed by atoms with E-state index in [9.17, 15) is 9.59 Å². The van der Waals surface area contributed by atoms with Crippen LogP contribution in [-0.2, 0) is 15.0 Å². The van der Waals surface area contributed by atoms with Crippen LogP contribution in [0.25, 0.3) is 0 Å². The van der Waals surface area contributed by atoms with Crippen molar-refractivity contribution < 1.29 is 19.8 Å². The predicted molar refractivity (Wildman–Crippen MR) is 70.7 cm³/mol. The highest BCUT2D eigenvalue weighted by Gasteiger charge is 2.29. The number of carboxylic acids is 1. The van der Waals surface area contributed by atoms with E-state index >= 15 is 0 Å². The highest BCUT2D eigenvalue weighted by Crippen LogP contribution is 2.22. The van der Waals surface area contributed by atoms with Gasteiger partial charge in [-0.05, 0) is 19.4 Å². The number of hydrogen-bond donors (Lipinski definition) is 3. The van der Waals surface area contributed by atoms with Crippen molar-refractivity contribution in [3.8, 4) is 0 Å². The molecule has 0 aliphatic heterocycles. The van der Waals surface area contributed by atoms with E-state index < -0.39 is 17.5 Å². The SMILES string of the molecule is CC(C)(C(=O)NCCC(O)C(=O)O)c1ccccc1. The van der Waals surface area contributed by atoms with Gasteiger partial charge in [0, 0.05) is 13.0 Å². The standard InChI is InChI=1S/C14H19NO4/c1-14(2,10-6-4-3-5-7-10)13(19)15-9-8-11(16)12(17)18/h3-7,11,16H,8-9H2,1-2H3,(H,15,19)(H,17,18). The van der Waals surface area contributed by atoms with Gasteiger partial charge in [0.2, 0.25) is 5.91 Å². The first-order valence-corrected chi connectivity index (χ1v) is 6.10. The van der Waals surface area contributed by atoms with Crippen LogP contribution in [0.4, 0.5) is 0 Å². The molecule has 1 aromatic rings. The van der Waals surface area contributed by atoms with E-state index in [2.05, 4.69) is 5.32 Å². The Morgan fingerprint density at radius 3 is 2.37 bits per heavy atom. The molecule has 0 bridgehead atoms. The lowest BCUT2D eigenvalue weighted by Gasteiger charge is -2.24. The van der Waals surface area contributed by atoms with Gasteiger partial charge in [-0.3, -0.25) is 4.79 Å². The van der Waals surface area contributed by atoms with Gasteiger partial charge in [-0.25, -0.2) is 4.79 Å². The zero-order chi connectivity index (χ0) is 14.5. The first-order chi connectivity index (χ1) is 8.85. The lowest BCUT2D eigenvalue weighted by atomic mass is 9.84. The number of hydrogen-bond acceptors (Lipinski definition) is 3. The molecule has 19 heavy (non-hydrogen) atoms. The van der Waals surface area contributed by atoms with Crippen LogP contribution in [0.3, 0.4) is 0 Å². The molecule has 5 nitrogen and oxygen atoms in total. The number of aliphatic carboxylic acids is 1. The molecule has 0 saturated carbocycles. The van der Waals surface area contributed by atoms with Crippen LogP contribution in [0, 0.1) is 0 Å². The van der Waals surface area contributed by atoms with Crippen LogP contribution in [0.5, 0.6) is 0 Å². The van der Waals surface area contributed by atoms with Gasteiger partial charge in [0.1, 0.15) is 0 Å². The minimum atomic E-state index is -1.44. The Labute approximate surface area is 112 Å². The number of aliphatic hydroxyl groups excluding tert-OH is 1. The molecular weight excluding hydrogens is 246 g/mol. The van der Waals surface area contributed by atoms with Gasteiger partial charge in [-0.15, -0.1) is 0 Å². The second kappa shape index (κ2) is 6.33. The van der Waals surface area contributed by atoms with E-state index in [1.807, 2.05) is 30.3 Å². The van der Waals surface area contributed by atoms with E-state index in [0.717, 1.165) is 5.56 Å². The number of aliphatic hydroxyl groups is 1. The third-order valence-corrected chi connectivity index (χ3v) is 3.05. The Bertz CT molecular complexity index is 442. The molecule has 0 saturated heterocycles. The topological polar surface area (TPSA) is 86.6 Å². The number of benzene rings is 1. The quantitative estimate of drug-likeness (QED) is 0.713. The summed E-state index contributed by atoms with van der Waals surface area (Å²) >= 11 is 0. The minimum Gasteiger partial charge on any atom is -0.479 e. The molecule has 1 unspecified atom stereocenters. The lowest BCUT2D eigenvalue weighted by Crippen LogP contribution is -2.41. The van der Waals surface area contributed by atoms with Crippen LogP contribution in [0.15, 0.2) is 30.3 Å². The van der Waals surface area contributed by atoms with Gasteiger partial charge in [0.25, 0.3) is 0 Å². The second-order valence-electron chi connectivity index (χ2n) is 4.89. The summed E-state index contributed by atoms with van der Waals surface area (Å²) in [7, 11) is 0. The lowest BCUT2D eigenvalue weighted by molar-refractivity contribution is -0.147. The number of carbonyl (C=O) groups excluding carboxylic acids is 1. The maximum atomic E-state index is 12.1. The van der Waals surface area contributed by atoms with E-state index in [4.69, 9.17) is 10.2 Å². The molecule has 1 rings (SSSR count). The van der Waals surface area contributed by atoms with Gasteiger partial charge < -0.3 is 15.5 Å². The first-order valence-electron chi connectivity index (χ1n) is 6.10. The maximum absolute atomic E-state index is 12.1. The highest BCUT2D eigenvalue weighted by atomic mass is 16.4. The molecule has 1 aromatic carbocycles. The summed E-state index contributed by atoms with van der Waals surface area (Å²) in [5.74, 6) is -1.48. The van der Waals surface area contributed by atoms with Crippen molar-refractivity contribution in [2.75, 3.05) is 6.54 Å². The fraction of sp³-hybridized carbons (Fsp3) is 0.429. The molecule has 1 atom stereocenters.